The highest BCUT2D eigenvalue weighted by molar-refractivity contribution is 5.93. The van der Waals surface area contributed by atoms with E-state index in [2.05, 4.69) is 20.8 Å². The van der Waals surface area contributed by atoms with Gasteiger partial charge in [-0.15, -0.1) is 5.10 Å². The number of hydrogen-bond acceptors (Lipinski definition) is 7. The van der Waals surface area contributed by atoms with Crippen LogP contribution in [-0.4, -0.2) is 32.7 Å². The molecule has 0 atom stereocenters. The lowest BCUT2D eigenvalue weighted by molar-refractivity contribution is -0.118. The Hall–Kier alpha value is -4.01. The molecule has 2 heterocycles. The van der Waals surface area contributed by atoms with Crippen molar-refractivity contribution in [3.05, 3.63) is 70.8 Å². The van der Waals surface area contributed by atoms with E-state index < -0.39 is 5.63 Å². The van der Waals surface area contributed by atoms with Crippen LogP contribution in [0.3, 0.4) is 0 Å². The van der Waals surface area contributed by atoms with E-state index in [4.69, 9.17) is 9.15 Å². The Labute approximate surface area is 158 Å². The zero-order valence-corrected chi connectivity index (χ0v) is 14.8. The third-order valence-electron chi connectivity index (χ3n) is 4.07. The molecule has 0 aliphatic heterocycles. The van der Waals surface area contributed by atoms with Crippen molar-refractivity contribution in [1.29, 1.82) is 0 Å². The standard InChI is InChI=1S/C19H15N5O4/c1-12-2-5-14(24-11-20-22-23-24)8-16(12)21-18(25)10-27-15-6-3-13-4-7-19(26)28-17(13)9-15/h2-9,11H,10H2,1H3,(H,21,25). The van der Waals surface area contributed by atoms with E-state index in [-0.39, 0.29) is 12.5 Å². The van der Waals surface area contributed by atoms with Gasteiger partial charge in [0.05, 0.1) is 5.69 Å². The molecule has 2 aromatic heterocycles. The van der Waals surface area contributed by atoms with Crippen molar-refractivity contribution in [3.8, 4) is 11.4 Å². The van der Waals surface area contributed by atoms with Crippen LogP contribution >= 0.6 is 0 Å². The Bertz CT molecular complexity index is 1200. The van der Waals surface area contributed by atoms with Gasteiger partial charge in [-0.2, -0.15) is 0 Å². The molecule has 0 aliphatic rings. The van der Waals surface area contributed by atoms with Crippen LogP contribution in [0.5, 0.6) is 5.75 Å². The Balaban J connectivity index is 1.45. The molecule has 0 spiro atoms. The van der Waals surface area contributed by atoms with E-state index in [1.165, 1.54) is 17.1 Å². The summed E-state index contributed by atoms with van der Waals surface area (Å²) >= 11 is 0. The van der Waals surface area contributed by atoms with Crippen LogP contribution in [0.15, 0.2) is 64.1 Å². The maximum Gasteiger partial charge on any atom is 0.336 e. The van der Waals surface area contributed by atoms with Crippen LogP contribution in [0, 0.1) is 6.92 Å². The van der Waals surface area contributed by atoms with E-state index in [9.17, 15) is 9.59 Å². The molecule has 9 nitrogen and oxygen atoms in total. The monoisotopic (exact) mass is 377 g/mol. The smallest absolute Gasteiger partial charge is 0.336 e. The van der Waals surface area contributed by atoms with E-state index in [0.29, 0.717) is 17.0 Å². The molecular weight excluding hydrogens is 362 g/mol. The molecule has 0 unspecified atom stereocenters. The summed E-state index contributed by atoms with van der Waals surface area (Å²) in [5.74, 6) is 0.0998. The number of nitrogens with one attached hydrogen (secondary N) is 1. The van der Waals surface area contributed by atoms with Crippen molar-refractivity contribution in [3.63, 3.8) is 0 Å². The molecule has 2 aromatic carbocycles. The van der Waals surface area contributed by atoms with Gasteiger partial charge in [-0.25, -0.2) is 9.48 Å². The first kappa shape index (κ1) is 17.4. The fraction of sp³-hybridized carbons (Fsp3) is 0.105. The number of ether oxygens (including phenoxy) is 1. The summed E-state index contributed by atoms with van der Waals surface area (Å²) in [5.41, 5.74) is 2.19. The molecule has 0 bridgehead atoms. The highest BCUT2D eigenvalue weighted by Crippen LogP contribution is 2.21. The van der Waals surface area contributed by atoms with Gasteiger partial charge in [0.25, 0.3) is 5.91 Å². The van der Waals surface area contributed by atoms with Crippen LogP contribution < -0.4 is 15.7 Å². The maximum absolute atomic E-state index is 12.3. The predicted molar refractivity (Wildman–Crippen MR) is 100 cm³/mol. The lowest BCUT2D eigenvalue weighted by Crippen LogP contribution is -2.20. The zero-order valence-electron chi connectivity index (χ0n) is 14.8. The number of nitrogens with zero attached hydrogens (tertiary/aromatic N) is 4. The molecule has 0 saturated heterocycles. The molecule has 4 rings (SSSR count). The van der Waals surface area contributed by atoms with Crippen molar-refractivity contribution in [2.45, 2.75) is 6.92 Å². The average molecular weight is 377 g/mol. The minimum absolute atomic E-state index is 0.197. The van der Waals surface area contributed by atoms with E-state index >= 15 is 0 Å². The number of fused-ring (bicyclic) bond motifs is 1. The van der Waals surface area contributed by atoms with Crippen molar-refractivity contribution in [2.75, 3.05) is 11.9 Å². The third-order valence-corrected chi connectivity index (χ3v) is 4.07. The lowest BCUT2D eigenvalue weighted by Gasteiger charge is -2.11. The molecule has 28 heavy (non-hydrogen) atoms. The number of amides is 1. The highest BCUT2D eigenvalue weighted by Gasteiger charge is 2.09. The summed E-state index contributed by atoms with van der Waals surface area (Å²) in [7, 11) is 0. The fourth-order valence-corrected chi connectivity index (χ4v) is 2.63. The number of aromatic nitrogens is 4. The van der Waals surface area contributed by atoms with Gasteiger partial charge < -0.3 is 14.5 Å². The maximum atomic E-state index is 12.3. The molecule has 0 aliphatic carbocycles. The largest absolute Gasteiger partial charge is 0.484 e. The summed E-state index contributed by atoms with van der Waals surface area (Å²) in [4.78, 5) is 23.6. The number of carbonyl (C=O) groups is 1. The average Bonchev–Trinajstić information content (AvgIpc) is 3.22. The van der Waals surface area contributed by atoms with Gasteiger partial charge in [-0.05, 0) is 53.2 Å². The minimum atomic E-state index is -0.444. The van der Waals surface area contributed by atoms with Crippen molar-refractivity contribution >= 4 is 22.6 Å². The summed E-state index contributed by atoms with van der Waals surface area (Å²) in [6, 6.07) is 13.5. The Kier molecular flexibility index (Phi) is 4.55. The molecule has 4 aromatic rings. The van der Waals surface area contributed by atoms with E-state index in [1.807, 2.05) is 19.1 Å². The van der Waals surface area contributed by atoms with Gasteiger partial charge in [0.1, 0.15) is 17.7 Å². The summed E-state index contributed by atoms with van der Waals surface area (Å²) in [6.07, 6.45) is 1.47. The zero-order chi connectivity index (χ0) is 19.5. The van der Waals surface area contributed by atoms with Gasteiger partial charge in [0.2, 0.25) is 0 Å². The van der Waals surface area contributed by atoms with Gasteiger partial charge >= 0.3 is 5.63 Å². The lowest BCUT2D eigenvalue weighted by atomic mass is 10.2. The SMILES string of the molecule is Cc1ccc(-n2cnnn2)cc1NC(=O)COc1ccc2ccc(=O)oc2c1. The molecule has 1 amide bonds. The Morgan fingerprint density at radius 1 is 1.18 bits per heavy atom. The van der Waals surface area contributed by atoms with E-state index in [0.717, 1.165) is 16.6 Å². The van der Waals surface area contributed by atoms with Gasteiger partial charge in [-0.3, -0.25) is 4.79 Å². The fourth-order valence-electron chi connectivity index (χ4n) is 2.63. The molecule has 0 fully saturated rings. The summed E-state index contributed by atoms with van der Waals surface area (Å²) < 4.78 is 12.1. The van der Waals surface area contributed by atoms with Gasteiger partial charge in [0, 0.05) is 23.2 Å². The number of aryl methyl sites for hydroxylation is 1. The van der Waals surface area contributed by atoms with Crippen LogP contribution in [0.25, 0.3) is 16.7 Å². The molecule has 9 heteroatoms. The molecule has 140 valence electrons. The number of benzene rings is 2. The van der Waals surface area contributed by atoms with Crippen LogP contribution in [0.2, 0.25) is 0 Å². The molecule has 0 radical (unpaired) electrons. The molecular formula is C19H15N5O4. The van der Waals surface area contributed by atoms with Crippen molar-refractivity contribution in [1.82, 2.24) is 20.2 Å². The van der Waals surface area contributed by atoms with Crippen LogP contribution in [-0.2, 0) is 4.79 Å². The Morgan fingerprint density at radius 3 is 2.86 bits per heavy atom. The topological polar surface area (TPSA) is 112 Å². The van der Waals surface area contributed by atoms with Crippen molar-refractivity contribution in [2.24, 2.45) is 0 Å². The van der Waals surface area contributed by atoms with Crippen LogP contribution in [0.4, 0.5) is 5.69 Å². The first-order valence-electron chi connectivity index (χ1n) is 8.39. The van der Waals surface area contributed by atoms with Crippen LogP contribution in [0.1, 0.15) is 5.56 Å². The minimum Gasteiger partial charge on any atom is -0.484 e. The predicted octanol–water partition coefficient (Wildman–Crippen LogP) is 2.09. The second-order valence-corrected chi connectivity index (χ2v) is 6.04. The molecule has 0 saturated carbocycles. The molecule has 1 N–H and O–H groups in total. The second kappa shape index (κ2) is 7.31. The number of anilines is 1. The second-order valence-electron chi connectivity index (χ2n) is 6.04. The quantitative estimate of drug-likeness (QED) is 0.530. The van der Waals surface area contributed by atoms with Gasteiger partial charge in [0.15, 0.2) is 6.61 Å². The number of hydrogen-bond donors (Lipinski definition) is 1. The van der Waals surface area contributed by atoms with Gasteiger partial charge in [-0.1, -0.05) is 6.07 Å². The Morgan fingerprint density at radius 2 is 2.04 bits per heavy atom. The number of carbonyl (C=O) groups excluding carboxylic acids is 1. The number of tetrazole rings is 1. The summed E-state index contributed by atoms with van der Waals surface area (Å²) in [6.45, 7) is 1.68. The van der Waals surface area contributed by atoms with Crippen molar-refractivity contribution < 1.29 is 13.9 Å². The summed E-state index contributed by atoms with van der Waals surface area (Å²) in [5, 5.41) is 14.6. The normalized spacial score (nSPS) is 10.8. The highest BCUT2D eigenvalue weighted by atomic mass is 16.5. The first-order chi connectivity index (χ1) is 13.6. The first-order valence-corrected chi connectivity index (χ1v) is 8.39. The van der Waals surface area contributed by atoms with E-state index in [1.54, 1.807) is 30.3 Å². The third kappa shape index (κ3) is 3.73. The number of rotatable bonds is 5.